The highest BCUT2D eigenvalue weighted by molar-refractivity contribution is 5.78. The van der Waals surface area contributed by atoms with Gasteiger partial charge in [0, 0.05) is 42.9 Å². The number of rotatable bonds is 7. The number of aromatic nitrogens is 2. The predicted octanol–water partition coefficient (Wildman–Crippen LogP) is 1.69. The fourth-order valence-electron chi connectivity index (χ4n) is 3.93. The minimum Gasteiger partial charge on any atom is -0.466 e. The van der Waals surface area contributed by atoms with Gasteiger partial charge in [-0.25, -0.2) is 9.37 Å². The number of hydrogen-bond acceptors (Lipinski definition) is 6. The Morgan fingerprint density at radius 2 is 1.88 bits per heavy atom. The lowest BCUT2D eigenvalue weighted by Gasteiger charge is -2.31. The van der Waals surface area contributed by atoms with Crippen molar-refractivity contribution in [2.24, 2.45) is 5.92 Å². The Morgan fingerprint density at radius 1 is 1.22 bits per heavy atom. The molecule has 1 amide bonds. The Balaban J connectivity index is 1.87. The van der Waals surface area contributed by atoms with Crippen molar-refractivity contribution in [1.82, 2.24) is 14.5 Å². The third kappa shape index (κ3) is 5.21. The van der Waals surface area contributed by atoms with Crippen molar-refractivity contribution in [3.63, 3.8) is 0 Å². The summed E-state index contributed by atoms with van der Waals surface area (Å²) in [5.74, 6) is -0.890. The number of aliphatic hydroxyl groups is 1. The van der Waals surface area contributed by atoms with Crippen LogP contribution in [0.4, 0.5) is 4.39 Å². The fraction of sp³-hybridized carbons (Fsp3) is 0.478. The molecule has 1 aromatic heterocycles. The molecule has 0 aliphatic carbocycles. The van der Waals surface area contributed by atoms with Gasteiger partial charge in [0.2, 0.25) is 5.91 Å². The van der Waals surface area contributed by atoms with Crippen LogP contribution in [-0.4, -0.2) is 57.7 Å². The molecule has 3 rings (SSSR count). The highest BCUT2D eigenvalue weighted by Gasteiger charge is 2.29. The van der Waals surface area contributed by atoms with Crippen molar-refractivity contribution in [2.45, 2.75) is 39.7 Å². The third-order valence-corrected chi connectivity index (χ3v) is 5.69. The van der Waals surface area contributed by atoms with Crippen molar-refractivity contribution < 1.29 is 23.8 Å². The number of carbonyl (C=O) groups is 2. The van der Waals surface area contributed by atoms with Crippen molar-refractivity contribution in [2.75, 3.05) is 26.3 Å². The Morgan fingerprint density at radius 3 is 2.47 bits per heavy atom. The van der Waals surface area contributed by atoms with E-state index in [1.165, 1.54) is 28.8 Å². The average Bonchev–Trinajstić information content (AvgIpc) is 2.79. The van der Waals surface area contributed by atoms with Gasteiger partial charge in [-0.05, 0) is 51.0 Å². The van der Waals surface area contributed by atoms with Gasteiger partial charge in [0.1, 0.15) is 18.2 Å². The van der Waals surface area contributed by atoms with E-state index < -0.39 is 11.4 Å². The number of benzene rings is 1. The number of halogens is 1. The summed E-state index contributed by atoms with van der Waals surface area (Å²) in [5, 5.41) is 9.34. The van der Waals surface area contributed by atoms with Gasteiger partial charge in [-0.3, -0.25) is 19.0 Å². The van der Waals surface area contributed by atoms with E-state index in [4.69, 9.17) is 4.74 Å². The molecule has 0 radical (unpaired) electrons. The largest absolute Gasteiger partial charge is 0.466 e. The molecule has 0 unspecified atom stereocenters. The first kappa shape index (κ1) is 23.6. The first-order valence-electron chi connectivity index (χ1n) is 10.8. The van der Waals surface area contributed by atoms with Gasteiger partial charge < -0.3 is 14.7 Å². The molecule has 1 N–H and O–H groups in total. The SMILES string of the molecule is CCOC(=O)C1CCN(C(=O)Cn2c(-c3ccc(F)cc3)nc(C)c(CCO)c2=O)CC1. The normalized spacial score (nSPS) is 14.4. The quantitative estimate of drug-likeness (QED) is 0.651. The van der Waals surface area contributed by atoms with Gasteiger partial charge in [-0.2, -0.15) is 0 Å². The molecule has 2 aromatic rings. The maximum Gasteiger partial charge on any atom is 0.309 e. The molecule has 1 aromatic carbocycles. The average molecular weight is 445 g/mol. The van der Waals surface area contributed by atoms with Crippen molar-refractivity contribution in [1.29, 1.82) is 0 Å². The summed E-state index contributed by atoms with van der Waals surface area (Å²) in [6, 6.07) is 5.55. The molecule has 1 aliphatic rings. The molecular formula is C23H28FN3O5. The molecule has 1 aliphatic heterocycles. The predicted molar refractivity (Wildman–Crippen MR) is 115 cm³/mol. The van der Waals surface area contributed by atoms with Crippen LogP contribution in [-0.2, 0) is 27.3 Å². The van der Waals surface area contributed by atoms with Crippen LogP contribution in [0.5, 0.6) is 0 Å². The van der Waals surface area contributed by atoms with Crippen molar-refractivity contribution in [3.8, 4) is 11.4 Å². The maximum absolute atomic E-state index is 13.4. The molecule has 1 fully saturated rings. The van der Waals surface area contributed by atoms with E-state index in [1.807, 2.05) is 0 Å². The molecule has 32 heavy (non-hydrogen) atoms. The second kappa shape index (κ2) is 10.5. The monoisotopic (exact) mass is 445 g/mol. The van der Waals surface area contributed by atoms with Gasteiger partial charge >= 0.3 is 5.97 Å². The number of amides is 1. The first-order valence-corrected chi connectivity index (χ1v) is 10.8. The summed E-state index contributed by atoms with van der Waals surface area (Å²) >= 11 is 0. The first-order chi connectivity index (χ1) is 15.3. The minimum absolute atomic E-state index is 0.125. The lowest BCUT2D eigenvalue weighted by molar-refractivity contribution is -0.151. The molecule has 172 valence electrons. The van der Waals surface area contributed by atoms with Crippen LogP contribution < -0.4 is 5.56 Å². The zero-order valence-corrected chi connectivity index (χ0v) is 18.3. The Kier molecular flexibility index (Phi) is 7.74. The number of esters is 1. The topological polar surface area (TPSA) is 102 Å². The second-order valence-electron chi connectivity index (χ2n) is 7.78. The standard InChI is InChI=1S/C23H28FN3O5/c1-3-32-23(31)17-8-11-26(12-9-17)20(29)14-27-21(16-4-6-18(24)7-5-16)25-15(2)19(10-13-28)22(27)30/h4-7,17,28H,3,8-14H2,1-2H3. The van der Waals surface area contributed by atoms with Crippen LogP contribution in [0.2, 0.25) is 0 Å². The van der Waals surface area contributed by atoms with Crippen LogP contribution >= 0.6 is 0 Å². The van der Waals surface area contributed by atoms with Gasteiger partial charge in [-0.1, -0.05) is 0 Å². The van der Waals surface area contributed by atoms with E-state index in [1.54, 1.807) is 18.7 Å². The van der Waals surface area contributed by atoms with Gasteiger partial charge in [0.05, 0.1) is 12.5 Å². The van der Waals surface area contributed by atoms with E-state index in [-0.39, 0.29) is 43.2 Å². The summed E-state index contributed by atoms with van der Waals surface area (Å²) in [6.07, 6.45) is 1.14. The van der Waals surface area contributed by atoms with Crippen molar-refractivity contribution >= 4 is 11.9 Å². The van der Waals surface area contributed by atoms with E-state index in [2.05, 4.69) is 4.98 Å². The number of aryl methyl sites for hydroxylation is 1. The summed E-state index contributed by atoms with van der Waals surface area (Å²) in [7, 11) is 0. The summed E-state index contributed by atoms with van der Waals surface area (Å²) in [6.45, 7) is 4.09. The number of hydrogen-bond donors (Lipinski definition) is 1. The molecule has 9 heteroatoms. The molecule has 0 atom stereocenters. The molecule has 1 saturated heterocycles. The molecule has 0 spiro atoms. The number of nitrogens with zero attached hydrogens (tertiary/aromatic N) is 3. The van der Waals surface area contributed by atoms with E-state index in [0.29, 0.717) is 49.4 Å². The van der Waals surface area contributed by atoms with Crippen LogP contribution in [0.1, 0.15) is 31.0 Å². The summed E-state index contributed by atoms with van der Waals surface area (Å²) < 4.78 is 19.8. The fourth-order valence-corrected chi connectivity index (χ4v) is 3.93. The highest BCUT2D eigenvalue weighted by Crippen LogP contribution is 2.21. The van der Waals surface area contributed by atoms with E-state index in [9.17, 15) is 23.9 Å². The molecule has 0 saturated carbocycles. The van der Waals surface area contributed by atoms with E-state index in [0.717, 1.165) is 0 Å². The summed E-state index contributed by atoms with van der Waals surface area (Å²) in [5.41, 5.74) is 0.908. The molecule has 2 heterocycles. The van der Waals surface area contributed by atoms with Gasteiger partial charge in [-0.15, -0.1) is 0 Å². The maximum atomic E-state index is 13.4. The lowest BCUT2D eigenvalue weighted by Crippen LogP contribution is -2.43. The number of ether oxygens (including phenoxy) is 1. The van der Waals surface area contributed by atoms with Gasteiger partial charge in [0.25, 0.3) is 5.56 Å². The smallest absolute Gasteiger partial charge is 0.309 e. The third-order valence-electron chi connectivity index (χ3n) is 5.69. The van der Waals surface area contributed by atoms with Crippen molar-refractivity contribution in [3.05, 3.63) is 51.7 Å². The molecule has 0 bridgehead atoms. The number of carbonyl (C=O) groups excluding carboxylic acids is 2. The summed E-state index contributed by atoms with van der Waals surface area (Å²) in [4.78, 5) is 44.3. The zero-order valence-electron chi connectivity index (χ0n) is 18.3. The van der Waals surface area contributed by atoms with Crippen LogP contribution in [0, 0.1) is 18.7 Å². The van der Waals surface area contributed by atoms with Gasteiger partial charge in [0.15, 0.2) is 0 Å². The van der Waals surface area contributed by atoms with Crippen LogP contribution in [0.3, 0.4) is 0 Å². The number of aliphatic hydroxyl groups excluding tert-OH is 1. The number of likely N-dealkylation sites (tertiary alicyclic amines) is 1. The molecular weight excluding hydrogens is 417 g/mol. The second-order valence-corrected chi connectivity index (χ2v) is 7.78. The van der Waals surface area contributed by atoms with E-state index >= 15 is 0 Å². The van der Waals surface area contributed by atoms with Crippen LogP contribution in [0.15, 0.2) is 29.1 Å². The number of piperidine rings is 1. The highest BCUT2D eigenvalue weighted by atomic mass is 19.1. The lowest BCUT2D eigenvalue weighted by atomic mass is 9.97. The molecule has 8 nitrogen and oxygen atoms in total. The Labute approximate surface area is 185 Å². The Hall–Kier alpha value is -3.07. The zero-order chi connectivity index (χ0) is 23.3. The minimum atomic E-state index is -0.420. The van der Waals surface area contributed by atoms with Crippen LogP contribution in [0.25, 0.3) is 11.4 Å². The Bertz CT molecular complexity index is 1030.